The van der Waals surface area contributed by atoms with E-state index in [1.807, 2.05) is 36.9 Å². The van der Waals surface area contributed by atoms with Crippen LogP contribution in [0.2, 0.25) is 0 Å². The van der Waals surface area contributed by atoms with E-state index in [9.17, 15) is 4.79 Å². The Morgan fingerprint density at radius 1 is 1.42 bits per heavy atom. The molecule has 1 aliphatic rings. The van der Waals surface area contributed by atoms with Crippen molar-refractivity contribution >= 4 is 28.8 Å². The van der Waals surface area contributed by atoms with E-state index < -0.39 is 0 Å². The number of para-hydroxylation sites is 1. The van der Waals surface area contributed by atoms with Crippen molar-refractivity contribution in [2.24, 2.45) is 17.6 Å². The number of carbonyl (C=O) groups excluding carboxylic acids is 1. The molecule has 0 radical (unpaired) electrons. The summed E-state index contributed by atoms with van der Waals surface area (Å²) in [5.74, 6) is -0.242. The van der Waals surface area contributed by atoms with Gasteiger partial charge >= 0.3 is 0 Å². The van der Waals surface area contributed by atoms with Gasteiger partial charge < -0.3 is 10.6 Å². The van der Waals surface area contributed by atoms with Crippen LogP contribution in [-0.2, 0) is 11.2 Å². The van der Waals surface area contributed by atoms with Gasteiger partial charge in [-0.2, -0.15) is 0 Å². The second-order valence-electron chi connectivity index (χ2n) is 5.51. The molecule has 1 heterocycles. The molecule has 2 atom stereocenters. The standard InChI is InChI=1S/C15H20N2OS/c1-9(2)13(14(16)19)15(18)17-10(3)8-11-6-4-5-7-12(11)17/h4-7,9-10,13H,8H2,1-3H3,(H2,16,19). The maximum Gasteiger partial charge on any atom is 0.237 e. The minimum atomic E-state index is -0.386. The summed E-state index contributed by atoms with van der Waals surface area (Å²) in [6.45, 7) is 6.03. The van der Waals surface area contributed by atoms with Crippen LogP contribution in [0.5, 0.6) is 0 Å². The number of rotatable bonds is 3. The van der Waals surface area contributed by atoms with Gasteiger partial charge in [-0.3, -0.25) is 4.79 Å². The second kappa shape index (κ2) is 5.29. The summed E-state index contributed by atoms with van der Waals surface area (Å²) in [6.07, 6.45) is 0.893. The predicted octanol–water partition coefficient (Wildman–Crippen LogP) is 2.52. The van der Waals surface area contributed by atoms with Crippen molar-refractivity contribution in [1.29, 1.82) is 0 Å². The maximum atomic E-state index is 12.8. The summed E-state index contributed by atoms with van der Waals surface area (Å²) in [4.78, 5) is 14.9. The molecule has 19 heavy (non-hydrogen) atoms. The molecular weight excluding hydrogens is 256 g/mol. The van der Waals surface area contributed by atoms with E-state index in [0.29, 0.717) is 0 Å². The zero-order chi connectivity index (χ0) is 14.2. The Morgan fingerprint density at radius 3 is 2.63 bits per heavy atom. The highest BCUT2D eigenvalue weighted by molar-refractivity contribution is 7.80. The molecule has 2 N–H and O–H groups in total. The molecule has 0 saturated heterocycles. The summed E-state index contributed by atoms with van der Waals surface area (Å²) in [5, 5.41) is 0. The number of nitrogens with two attached hydrogens (primary N) is 1. The molecule has 0 spiro atoms. The maximum absolute atomic E-state index is 12.8. The first-order valence-corrected chi connectivity index (χ1v) is 7.04. The lowest BCUT2D eigenvalue weighted by atomic mass is 9.94. The van der Waals surface area contributed by atoms with E-state index >= 15 is 0 Å². The van der Waals surface area contributed by atoms with E-state index in [2.05, 4.69) is 13.0 Å². The lowest BCUT2D eigenvalue weighted by molar-refractivity contribution is -0.121. The van der Waals surface area contributed by atoms with Gasteiger partial charge in [-0.15, -0.1) is 0 Å². The Hall–Kier alpha value is -1.42. The van der Waals surface area contributed by atoms with Crippen LogP contribution in [0.25, 0.3) is 0 Å². The molecule has 1 aliphatic heterocycles. The lowest BCUT2D eigenvalue weighted by Crippen LogP contribution is -2.46. The summed E-state index contributed by atoms with van der Waals surface area (Å²) >= 11 is 5.07. The summed E-state index contributed by atoms with van der Waals surface area (Å²) in [6, 6.07) is 8.20. The minimum absolute atomic E-state index is 0.0277. The van der Waals surface area contributed by atoms with Crippen molar-refractivity contribution in [3.05, 3.63) is 29.8 Å². The number of benzene rings is 1. The lowest BCUT2D eigenvalue weighted by Gasteiger charge is -2.29. The number of fused-ring (bicyclic) bond motifs is 1. The highest BCUT2D eigenvalue weighted by atomic mass is 32.1. The third-order valence-corrected chi connectivity index (χ3v) is 3.94. The number of nitrogens with zero attached hydrogens (tertiary/aromatic N) is 1. The molecule has 0 fully saturated rings. The highest BCUT2D eigenvalue weighted by Gasteiger charge is 2.36. The molecule has 2 rings (SSSR count). The number of hydrogen-bond donors (Lipinski definition) is 1. The van der Waals surface area contributed by atoms with Gasteiger partial charge in [-0.05, 0) is 30.9 Å². The van der Waals surface area contributed by atoms with Gasteiger partial charge in [0.15, 0.2) is 0 Å². The number of amides is 1. The van der Waals surface area contributed by atoms with Crippen LogP contribution in [0, 0.1) is 11.8 Å². The smallest absolute Gasteiger partial charge is 0.237 e. The highest BCUT2D eigenvalue weighted by Crippen LogP contribution is 2.33. The Morgan fingerprint density at radius 2 is 2.05 bits per heavy atom. The van der Waals surface area contributed by atoms with E-state index in [4.69, 9.17) is 18.0 Å². The average molecular weight is 276 g/mol. The first-order valence-electron chi connectivity index (χ1n) is 6.63. The van der Waals surface area contributed by atoms with Crippen molar-refractivity contribution < 1.29 is 4.79 Å². The SMILES string of the molecule is CC(C)C(C(=O)N1c2ccccc2CC1C)C(N)=S. The van der Waals surface area contributed by atoms with Crippen LogP contribution in [-0.4, -0.2) is 16.9 Å². The van der Waals surface area contributed by atoms with Crippen molar-refractivity contribution in [3.8, 4) is 0 Å². The molecular formula is C15H20N2OS. The Labute approximate surface area is 119 Å². The third kappa shape index (κ3) is 2.50. The number of anilines is 1. The van der Waals surface area contributed by atoms with E-state index in [1.165, 1.54) is 5.56 Å². The molecule has 1 amide bonds. The molecule has 1 aromatic carbocycles. The van der Waals surface area contributed by atoms with Crippen LogP contribution in [0.4, 0.5) is 5.69 Å². The largest absolute Gasteiger partial charge is 0.393 e. The molecule has 0 aromatic heterocycles. The summed E-state index contributed by atoms with van der Waals surface area (Å²) in [7, 11) is 0. The minimum Gasteiger partial charge on any atom is -0.393 e. The normalized spacial score (nSPS) is 19.4. The monoisotopic (exact) mass is 276 g/mol. The third-order valence-electron chi connectivity index (χ3n) is 3.68. The van der Waals surface area contributed by atoms with Gasteiger partial charge in [0, 0.05) is 11.7 Å². The van der Waals surface area contributed by atoms with Crippen LogP contribution in [0.15, 0.2) is 24.3 Å². The van der Waals surface area contributed by atoms with Crippen LogP contribution >= 0.6 is 12.2 Å². The van der Waals surface area contributed by atoms with Crippen molar-refractivity contribution in [1.82, 2.24) is 0 Å². The summed E-state index contributed by atoms with van der Waals surface area (Å²) in [5.41, 5.74) is 7.97. The van der Waals surface area contributed by atoms with E-state index in [0.717, 1.165) is 12.1 Å². The fourth-order valence-corrected chi connectivity index (χ4v) is 3.16. The fourth-order valence-electron chi connectivity index (χ4n) is 2.79. The van der Waals surface area contributed by atoms with Gasteiger partial charge in [-0.25, -0.2) is 0 Å². The van der Waals surface area contributed by atoms with Crippen LogP contribution in [0.1, 0.15) is 26.3 Å². The number of hydrogen-bond acceptors (Lipinski definition) is 2. The summed E-state index contributed by atoms with van der Waals surface area (Å²) < 4.78 is 0. The first-order chi connectivity index (χ1) is 8.93. The molecule has 1 aromatic rings. The van der Waals surface area contributed by atoms with Crippen LogP contribution < -0.4 is 10.6 Å². The Balaban J connectivity index is 2.36. The fraction of sp³-hybridized carbons (Fsp3) is 0.467. The van der Waals surface area contributed by atoms with Crippen LogP contribution in [0.3, 0.4) is 0 Å². The van der Waals surface area contributed by atoms with Gasteiger partial charge in [0.25, 0.3) is 0 Å². The van der Waals surface area contributed by atoms with E-state index in [-0.39, 0.29) is 28.8 Å². The zero-order valence-corrected chi connectivity index (χ0v) is 12.4. The average Bonchev–Trinajstić information content (AvgIpc) is 2.63. The second-order valence-corrected chi connectivity index (χ2v) is 5.99. The molecule has 0 aliphatic carbocycles. The molecule has 2 unspecified atom stereocenters. The number of carbonyl (C=O) groups is 1. The molecule has 4 heteroatoms. The van der Waals surface area contributed by atoms with Gasteiger partial charge in [0.1, 0.15) is 0 Å². The topological polar surface area (TPSA) is 46.3 Å². The Bertz CT molecular complexity index is 513. The zero-order valence-electron chi connectivity index (χ0n) is 11.6. The van der Waals surface area contributed by atoms with Gasteiger partial charge in [-0.1, -0.05) is 44.3 Å². The molecule has 102 valence electrons. The van der Waals surface area contributed by atoms with Crippen molar-refractivity contribution in [3.63, 3.8) is 0 Å². The molecule has 0 saturated carbocycles. The predicted molar refractivity (Wildman–Crippen MR) is 82.2 cm³/mol. The number of thiocarbonyl (C=S) groups is 1. The quantitative estimate of drug-likeness (QED) is 0.863. The van der Waals surface area contributed by atoms with Crippen molar-refractivity contribution in [2.45, 2.75) is 33.2 Å². The van der Waals surface area contributed by atoms with Gasteiger partial charge in [0.2, 0.25) is 5.91 Å². The molecule has 3 nitrogen and oxygen atoms in total. The Kier molecular flexibility index (Phi) is 3.90. The van der Waals surface area contributed by atoms with E-state index in [1.54, 1.807) is 0 Å². The first kappa shape index (κ1) is 14.0. The van der Waals surface area contributed by atoms with Crippen molar-refractivity contribution in [2.75, 3.05) is 4.90 Å². The molecule has 0 bridgehead atoms. The van der Waals surface area contributed by atoms with Gasteiger partial charge in [0.05, 0.1) is 10.9 Å².